The van der Waals surface area contributed by atoms with E-state index in [1.165, 1.54) is 6.42 Å². The van der Waals surface area contributed by atoms with Crippen molar-refractivity contribution in [3.05, 3.63) is 0 Å². The van der Waals surface area contributed by atoms with Gasteiger partial charge >= 0.3 is 92.3 Å². The third kappa shape index (κ3) is 2.41. The van der Waals surface area contributed by atoms with Crippen molar-refractivity contribution in [2.45, 2.75) is 36.4 Å². The first-order valence-electron chi connectivity index (χ1n) is 3.84. The Morgan fingerprint density at radius 2 is 1.91 bits per heavy atom. The second-order valence-electron chi connectivity index (χ2n) is 2.96. The molecule has 0 bridgehead atoms. The second-order valence-corrected chi connectivity index (χ2v) is 5.60. The van der Waals surface area contributed by atoms with Gasteiger partial charge in [0.25, 0.3) is 0 Å². The van der Waals surface area contributed by atoms with E-state index >= 15 is 0 Å². The average molecular weight is 407 g/mol. The van der Waals surface area contributed by atoms with E-state index in [2.05, 4.69) is 15.9 Å². The fourth-order valence-electron chi connectivity index (χ4n) is 1.45. The molecule has 0 aromatic carbocycles. The molecule has 0 N–H and O–H groups in total. The molecule has 1 fully saturated rings. The monoisotopic (exact) mass is 407 g/mol. The zero-order valence-electron chi connectivity index (χ0n) is 6.44. The van der Waals surface area contributed by atoms with Crippen molar-refractivity contribution in [3.8, 4) is 0 Å². The zero-order chi connectivity index (χ0) is 8.32. The van der Waals surface area contributed by atoms with E-state index < -0.39 is 0 Å². The van der Waals surface area contributed by atoms with Crippen LogP contribution in [-0.2, 0) is 34.0 Å². The topological polar surface area (TPSA) is 26.3 Å². The normalized spacial score (nSPS) is 22.8. The first kappa shape index (κ1) is 9.97. The molecule has 0 heterocycles. The van der Waals surface area contributed by atoms with Gasteiger partial charge < -0.3 is 0 Å². The second kappa shape index (κ2) is 4.22. The molecule has 2 nitrogen and oxygen atoms in total. The molecule has 1 saturated carbocycles. The van der Waals surface area contributed by atoms with Crippen LogP contribution in [0.15, 0.2) is 0 Å². The molecule has 59 valence electrons. The van der Waals surface area contributed by atoms with Gasteiger partial charge in [-0.3, -0.25) is 0 Å². The number of rotatable bonds is 1. The van der Waals surface area contributed by atoms with Crippen molar-refractivity contribution in [1.29, 1.82) is 0 Å². The number of alkyl halides is 1. The summed E-state index contributed by atoms with van der Waals surface area (Å²) in [6.07, 6.45) is 5.45. The maximum absolute atomic E-state index is 11.3. The summed E-state index contributed by atoms with van der Waals surface area (Å²) in [4.78, 5) is 11.3. The van der Waals surface area contributed by atoms with Crippen LogP contribution in [-0.4, -0.2) is 10.3 Å². The predicted molar refractivity (Wildman–Crippen MR) is 40.8 cm³/mol. The molecule has 4 heteroatoms. The van der Waals surface area contributed by atoms with Gasteiger partial charge in [-0.2, -0.15) is 0 Å². The standard InChI is InChI=1S/C7H11BrO2.Hg/c8-7(6(9)10)4-2-1-3-5-7;/h1-5H2,(H,9,10);/q;+1/p-1. The number of hydrogen-bond donors (Lipinski definition) is 0. The van der Waals surface area contributed by atoms with E-state index in [4.69, 9.17) is 2.64 Å². The van der Waals surface area contributed by atoms with Gasteiger partial charge in [0.05, 0.1) is 0 Å². The van der Waals surface area contributed by atoms with Gasteiger partial charge in [-0.25, -0.2) is 0 Å². The molecule has 0 aliphatic heterocycles. The van der Waals surface area contributed by atoms with Gasteiger partial charge in [0, 0.05) is 0 Å². The first-order valence-corrected chi connectivity index (χ1v) is 6.88. The van der Waals surface area contributed by atoms with Gasteiger partial charge in [-0.05, 0) is 0 Å². The Labute approximate surface area is 91.8 Å². The quantitative estimate of drug-likeness (QED) is 0.492. The van der Waals surface area contributed by atoms with E-state index in [9.17, 15) is 4.79 Å². The Hall–Kier alpha value is 0.885. The fraction of sp³-hybridized carbons (Fsp3) is 0.857. The van der Waals surface area contributed by atoms with E-state index in [1.807, 2.05) is 0 Å². The Kier molecular flexibility index (Phi) is 3.82. The van der Waals surface area contributed by atoms with Gasteiger partial charge in [-0.15, -0.1) is 0 Å². The first-order chi connectivity index (χ1) is 5.19. The number of halogens is 1. The summed E-state index contributed by atoms with van der Waals surface area (Å²) in [6.45, 7) is 0. The Balaban J connectivity index is 2.56. The molecule has 11 heavy (non-hydrogen) atoms. The predicted octanol–water partition coefficient (Wildman–Crippen LogP) is 2.09. The Bertz CT molecular complexity index is 155. The summed E-state index contributed by atoms with van der Waals surface area (Å²) >= 11 is 3.61. The van der Waals surface area contributed by atoms with Crippen LogP contribution in [0.25, 0.3) is 0 Å². The van der Waals surface area contributed by atoms with Crippen molar-refractivity contribution in [2.24, 2.45) is 0 Å². The number of carbonyl (C=O) groups excluding carboxylic acids is 1. The molecular weight excluding hydrogens is 397 g/mol. The molecule has 0 aromatic rings. The van der Waals surface area contributed by atoms with Gasteiger partial charge in [0.2, 0.25) is 0 Å². The number of carbonyl (C=O) groups is 1. The van der Waals surface area contributed by atoms with Crippen LogP contribution in [0.1, 0.15) is 32.1 Å². The summed E-state index contributed by atoms with van der Waals surface area (Å²) in [5, 5.41) is 0. The van der Waals surface area contributed by atoms with E-state index in [0.717, 1.165) is 25.7 Å². The van der Waals surface area contributed by atoms with Crippen molar-refractivity contribution in [3.63, 3.8) is 0 Å². The van der Waals surface area contributed by atoms with Crippen LogP contribution in [0.5, 0.6) is 0 Å². The zero-order valence-corrected chi connectivity index (χ0v) is 13.5. The van der Waals surface area contributed by atoms with Crippen molar-refractivity contribution < 1.29 is 34.0 Å². The van der Waals surface area contributed by atoms with Crippen LogP contribution in [0.3, 0.4) is 0 Å². The number of hydrogen-bond acceptors (Lipinski definition) is 2. The van der Waals surface area contributed by atoms with Crippen LogP contribution < -0.4 is 0 Å². The molecule has 0 atom stereocenters. The minimum atomic E-state index is -0.312. The van der Waals surface area contributed by atoms with Crippen LogP contribution >= 0.6 is 15.9 Å². The van der Waals surface area contributed by atoms with E-state index in [0.29, 0.717) is 0 Å². The molecule has 0 spiro atoms. The summed E-state index contributed by atoms with van der Waals surface area (Å²) in [7, 11) is 0. The van der Waals surface area contributed by atoms with Gasteiger partial charge in [0.1, 0.15) is 0 Å². The van der Waals surface area contributed by atoms with Crippen molar-refractivity contribution in [2.75, 3.05) is 0 Å². The third-order valence-corrected chi connectivity index (χ3v) is 4.28. The summed E-state index contributed by atoms with van der Waals surface area (Å²) < 4.78 is 4.59. The van der Waals surface area contributed by atoms with Crippen LogP contribution in [0.4, 0.5) is 0 Å². The third-order valence-electron chi connectivity index (χ3n) is 2.14. The Morgan fingerprint density at radius 3 is 2.36 bits per heavy atom. The van der Waals surface area contributed by atoms with Gasteiger partial charge in [0.15, 0.2) is 0 Å². The molecule has 1 aliphatic rings. The Morgan fingerprint density at radius 1 is 1.36 bits per heavy atom. The molecule has 0 aromatic heterocycles. The average Bonchev–Trinajstić information content (AvgIpc) is 2.04. The summed E-state index contributed by atoms with van der Waals surface area (Å²) in [6, 6.07) is 0. The molecule has 1 rings (SSSR count). The molecule has 1 aliphatic carbocycles. The van der Waals surface area contributed by atoms with E-state index in [-0.39, 0.29) is 36.9 Å². The van der Waals surface area contributed by atoms with Crippen LogP contribution in [0, 0.1) is 0 Å². The van der Waals surface area contributed by atoms with Crippen LogP contribution in [0.2, 0.25) is 0 Å². The van der Waals surface area contributed by atoms with Gasteiger partial charge in [-0.1, -0.05) is 0 Å². The minimum absolute atomic E-state index is 0.0273. The maximum atomic E-state index is 11.3. The van der Waals surface area contributed by atoms with E-state index in [1.54, 1.807) is 0 Å². The summed E-state index contributed by atoms with van der Waals surface area (Å²) in [5.41, 5.74) is 0. The SMILES string of the molecule is O=C([O][Hg])C1(Br)CCCCC1. The molecule has 0 amide bonds. The molecule has 0 unspecified atom stereocenters. The molecular formula is C7H10BrHgO2. The molecule has 0 saturated heterocycles. The fourth-order valence-corrected chi connectivity index (χ4v) is 4.02. The summed E-state index contributed by atoms with van der Waals surface area (Å²) in [5.74, 6) is -0.0273. The molecule has 0 radical (unpaired) electrons. The van der Waals surface area contributed by atoms with Crippen molar-refractivity contribution >= 4 is 21.9 Å². The van der Waals surface area contributed by atoms with Crippen molar-refractivity contribution in [1.82, 2.24) is 0 Å².